The quantitative estimate of drug-likeness (QED) is 0.560. The molecule has 4 aliphatic carbocycles. The van der Waals surface area contributed by atoms with Crippen LogP contribution in [0.2, 0.25) is 0 Å². The van der Waals surface area contributed by atoms with E-state index >= 15 is 0 Å². The van der Waals surface area contributed by atoms with Crippen LogP contribution >= 0.6 is 0 Å². The highest BCUT2D eigenvalue weighted by atomic mass is 16.7. The lowest BCUT2D eigenvalue weighted by Gasteiger charge is -2.57. The molecular weight excluding hydrogens is 480 g/mol. The van der Waals surface area contributed by atoms with E-state index in [1.165, 1.54) is 5.69 Å². The molecule has 2 aliphatic heterocycles. The lowest BCUT2D eigenvalue weighted by Crippen LogP contribution is -2.62. The molecule has 1 saturated heterocycles. The number of carbonyl (C=O) groups is 1. The summed E-state index contributed by atoms with van der Waals surface area (Å²) >= 11 is 0. The maximum Gasteiger partial charge on any atom is 0.431 e. The van der Waals surface area contributed by atoms with Gasteiger partial charge in [0.2, 0.25) is 0 Å². The third-order valence-corrected chi connectivity index (χ3v) is 9.68. The van der Waals surface area contributed by atoms with E-state index < -0.39 is 11.7 Å². The van der Waals surface area contributed by atoms with Gasteiger partial charge >= 0.3 is 6.09 Å². The number of carbonyl (C=O) groups excluding carboxylic acids is 1. The normalized spacial score (nSPS) is 32.3. The van der Waals surface area contributed by atoms with Crippen LogP contribution in [0, 0.1) is 17.8 Å². The van der Waals surface area contributed by atoms with Gasteiger partial charge in [0.15, 0.2) is 0 Å². The molecule has 8 heteroatoms. The molecule has 4 bridgehead atoms. The monoisotopic (exact) mass is 518 g/mol. The van der Waals surface area contributed by atoms with Crippen LogP contribution < -0.4 is 20.2 Å². The number of anilines is 4. The summed E-state index contributed by atoms with van der Waals surface area (Å²) < 4.78 is 0. The summed E-state index contributed by atoms with van der Waals surface area (Å²) in [5, 5.41) is 25.6. The van der Waals surface area contributed by atoms with Crippen LogP contribution in [0.4, 0.5) is 27.5 Å². The van der Waals surface area contributed by atoms with E-state index in [1.54, 1.807) is 5.06 Å². The van der Waals surface area contributed by atoms with Crippen molar-refractivity contribution in [2.75, 3.05) is 41.0 Å². The molecule has 8 nitrogen and oxygen atoms in total. The average molecular weight is 519 g/mol. The number of nitrogens with one attached hydrogen (secondary N) is 1. The predicted molar refractivity (Wildman–Crippen MR) is 147 cm³/mol. The fourth-order valence-electron chi connectivity index (χ4n) is 8.15. The zero-order valence-corrected chi connectivity index (χ0v) is 21.8. The molecule has 2 aromatic carbocycles. The number of benzene rings is 2. The van der Waals surface area contributed by atoms with Crippen molar-refractivity contribution >= 4 is 28.8 Å². The first-order chi connectivity index (χ1) is 18.4. The van der Waals surface area contributed by atoms with Crippen LogP contribution in [0.1, 0.15) is 44.9 Å². The zero-order chi connectivity index (χ0) is 25.9. The largest absolute Gasteiger partial charge is 0.431 e. The van der Waals surface area contributed by atoms with Crippen molar-refractivity contribution in [3.63, 3.8) is 0 Å². The minimum Gasteiger partial charge on any atom is -0.393 e. The molecule has 0 aromatic heterocycles. The first kappa shape index (κ1) is 24.1. The van der Waals surface area contributed by atoms with Crippen molar-refractivity contribution in [3.05, 3.63) is 48.5 Å². The van der Waals surface area contributed by atoms with Crippen LogP contribution in [0.25, 0.3) is 0 Å². The molecule has 38 heavy (non-hydrogen) atoms. The molecular formula is C30H38N4O4. The Morgan fingerprint density at radius 1 is 0.868 bits per heavy atom. The topological polar surface area (TPSA) is 88.5 Å². The summed E-state index contributed by atoms with van der Waals surface area (Å²) in [6.45, 7) is 3.02. The first-order valence-corrected chi connectivity index (χ1v) is 14.3. The summed E-state index contributed by atoms with van der Waals surface area (Å²) in [7, 11) is 0. The maximum absolute atomic E-state index is 13.1. The number of rotatable bonds is 4. The molecule has 3 N–H and O–H groups in total. The number of para-hydroxylation sites is 2. The summed E-state index contributed by atoms with van der Waals surface area (Å²) in [6, 6.07) is 16.8. The molecule has 5 atom stereocenters. The van der Waals surface area contributed by atoms with Crippen molar-refractivity contribution < 1.29 is 19.8 Å². The molecule has 3 unspecified atom stereocenters. The van der Waals surface area contributed by atoms with Crippen LogP contribution in [-0.2, 0) is 4.84 Å². The first-order valence-electron chi connectivity index (χ1n) is 14.3. The molecule has 1 amide bonds. The Morgan fingerprint density at radius 3 is 2.21 bits per heavy atom. The Bertz CT molecular complexity index is 1170. The van der Waals surface area contributed by atoms with Gasteiger partial charge in [-0.05, 0) is 99.1 Å². The van der Waals surface area contributed by atoms with Gasteiger partial charge in [-0.15, -0.1) is 0 Å². The number of aliphatic hydroxyl groups excluding tert-OH is 1. The van der Waals surface area contributed by atoms with Crippen molar-refractivity contribution in [1.82, 2.24) is 5.32 Å². The van der Waals surface area contributed by atoms with Crippen LogP contribution in [0.5, 0.6) is 0 Å². The maximum atomic E-state index is 13.1. The number of hydrogen-bond donors (Lipinski definition) is 3. The molecule has 4 saturated carbocycles. The summed E-state index contributed by atoms with van der Waals surface area (Å²) in [6.07, 6.45) is 5.79. The molecule has 8 rings (SSSR count). The van der Waals surface area contributed by atoms with Crippen LogP contribution in [0.3, 0.4) is 0 Å². The molecule has 2 heterocycles. The van der Waals surface area contributed by atoms with Gasteiger partial charge in [0, 0.05) is 37.1 Å². The lowest BCUT2D eigenvalue weighted by molar-refractivity contribution is -0.137. The van der Waals surface area contributed by atoms with E-state index in [4.69, 9.17) is 4.84 Å². The number of hydrogen-bond acceptors (Lipinski definition) is 7. The number of aliphatic hydroxyl groups is 2. The van der Waals surface area contributed by atoms with Gasteiger partial charge in [-0.1, -0.05) is 12.1 Å². The van der Waals surface area contributed by atoms with E-state index in [0.717, 1.165) is 75.1 Å². The number of piperidine rings is 1. The molecule has 0 spiro atoms. The van der Waals surface area contributed by atoms with Crippen LogP contribution in [-0.4, -0.2) is 60.2 Å². The van der Waals surface area contributed by atoms with Gasteiger partial charge in [-0.25, -0.2) is 9.86 Å². The van der Waals surface area contributed by atoms with E-state index in [9.17, 15) is 15.0 Å². The van der Waals surface area contributed by atoms with Gasteiger partial charge < -0.3 is 30.2 Å². The Morgan fingerprint density at radius 2 is 1.53 bits per heavy atom. The van der Waals surface area contributed by atoms with Crippen molar-refractivity contribution in [2.45, 2.75) is 62.7 Å². The van der Waals surface area contributed by atoms with Gasteiger partial charge in [0.1, 0.15) is 0 Å². The predicted octanol–water partition coefficient (Wildman–Crippen LogP) is 4.19. The third-order valence-electron chi connectivity index (χ3n) is 9.68. The lowest BCUT2D eigenvalue weighted by atomic mass is 9.52. The minimum atomic E-state index is -0.512. The van der Waals surface area contributed by atoms with E-state index in [-0.39, 0.29) is 12.1 Å². The van der Waals surface area contributed by atoms with Crippen LogP contribution in [0.15, 0.2) is 48.5 Å². The third kappa shape index (κ3) is 4.37. The Hall–Kier alpha value is -2.97. The molecule has 5 fully saturated rings. The van der Waals surface area contributed by atoms with Crippen molar-refractivity contribution in [1.29, 1.82) is 0 Å². The number of hydroxylamine groups is 1. The smallest absolute Gasteiger partial charge is 0.393 e. The minimum absolute atomic E-state index is 0.0949. The number of nitrogens with zero attached hydrogens (tertiary/aromatic N) is 3. The summed E-state index contributed by atoms with van der Waals surface area (Å²) in [4.78, 5) is 23.6. The standard InChI is InChI=1S/C30H38N4O4/c35-25-9-11-32(12-10-25)23-5-7-24(8-6-23)33-13-14-34(27-4-2-1-3-26(27)33)38-29(36)31-28-21-15-20-16-22(28)19-30(37,17-20)18-21/h1-8,20-22,25,28,35,37H,9-19H2,(H,31,36)/t20?,21-,22+,28?,30?. The van der Waals surface area contributed by atoms with E-state index in [1.807, 2.05) is 18.2 Å². The van der Waals surface area contributed by atoms with Gasteiger partial charge in [-0.3, -0.25) is 0 Å². The molecule has 202 valence electrons. The van der Waals surface area contributed by atoms with Crippen molar-refractivity contribution in [2.24, 2.45) is 17.8 Å². The number of amides is 1. The SMILES string of the molecule is O=C(NC1[C@@H]2CC3C[C@H]1CC(O)(C3)C2)ON1CCN(c2ccc(N3CCC(O)CC3)cc2)c2ccccc21. The Kier molecular flexibility index (Phi) is 5.93. The fourth-order valence-corrected chi connectivity index (χ4v) is 8.15. The highest BCUT2D eigenvalue weighted by Crippen LogP contribution is 2.55. The second-order valence-electron chi connectivity index (χ2n) is 12.2. The van der Waals surface area contributed by atoms with Gasteiger partial charge in [0.25, 0.3) is 0 Å². The molecule has 0 radical (unpaired) electrons. The highest BCUT2D eigenvalue weighted by molar-refractivity contribution is 5.80. The summed E-state index contributed by atoms with van der Waals surface area (Å²) in [5.41, 5.74) is 3.67. The van der Waals surface area contributed by atoms with Gasteiger partial charge in [-0.2, -0.15) is 0 Å². The molecule has 2 aromatic rings. The Balaban J connectivity index is 1.03. The van der Waals surface area contributed by atoms with Gasteiger partial charge in [0.05, 0.1) is 29.6 Å². The second kappa shape index (κ2) is 9.35. The second-order valence-corrected chi connectivity index (χ2v) is 12.2. The summed E-state index contributed by atoms with van der Waals surface area (Å²) in [5.74, 6) is 1.30. The van der Waals surface area contributed by atoms with Crippen molar-refractivity contribution in [3.8, 4) is 0 Å². The number of fused-ring (bicyclic) bond motifs is 1. The molecule has 6 aliphatic rings. The average Bonchev–Trinajstić information content (AvgIpc) is 2.91. The van der Waals surface area contributed by atoms with E-state index in [2.05, 4.69) is 45.4 Å². The Labute approximate surface area is 224 Å². The zero-order valence-electron chi connectivity index (χ0n) is 21.8. The fraction of sp³-hybridized carbons (Fsp3) is 0.567. The van der Waals surface area contributed by atoms with E-state index in [0.29, 0.717) is 30.8 Å². The highest BCUT2D eigenvalue weighted by Gasteiger charge is 2.55.